The van der Waals surface area contributed by atoms with Gasteiger partial charge in [-0.05, 0) is 31.0 Å². The molecule has 4 rings (SSSR count). The number of hydrogen-bond donors (Lipinski definition) is 3. The number of para-hydroxylation sites is 1. The maximum atomic E-state index is 12.2. The van der Waals surface area contributed by atoms with Gasteiger partial charge in [-0.3, -0.25) is 4.79 Å². The number of primary amides is 1. The minimum atomic E-state index is -0.952. The maximum Gasteiger partial charge on any atom is 0.407 e. The second-order valence-electron chi connectivity index (χ2n) is 7.25. The number of hydrogen-bond acceptors (Lipinski definition) is 7. The van der Waals surface area contributed by atoms with Gasteiger partial charge in [-0.25, -0.2) is 19.7 Å². The molecule has 1 aromatic carbocycles. The number of pyridine rings is 1. The predicted octanol–water partition coefficient (Wildman–Crippen LogP) is 2.35. The summed E-state index contributed by atoms with van der Waals surface area (Å²) >= 11 is 0. The first kappa shape index (κ1) is 20.3. The molecule has 2 aromatic heterocycles. The maximum absolute atomic E-state index is 12.2. The van der Waals surface area contributed by atoms with Crippen molar-refractivity contribution in [1.82, 2.24) is 19.9 Å². The van der Waals surface area contributed by atoms with Crippen LogP contribution < -0.4 is 15.8 Å². The minimum absolute atomic E-state index is 0.142. The van der Waals surface area contributed by atoms with Gasteiger partial charge in [0.15, 0.2) is 5.82 Å². The van der Waals surface area contributed by atoms with Crippen LogP contribution in [0.2, 0.25) is 0 Å². The quantitative estimate of drug-likeness (QED) is 0.568. The number of piperidine rings is 1. The van der Waals surface area contributed by atoms with Gasteiger partial charge in [0.25, 0.3) is 5.91 Å². The Hall–Kier alpha value is -3.95. The topological polar surface area (TPSA) is 144 Å². The molecular formula is C21H22N6O4. The number of rotatable bonds is 5. The highest BCUT2D eigenvalue weighted by Gasteiger charge is 2.25. The van der Waals surface area contributed by atoms with E-state index in [-0.39, 0.29) is 11.6 Å². The SMILES string of the molecule is COc1ccccc1-c1cc(C(N)=O)c2ncnc(N[C@H]3CCCN(C(=O)O)C3)c2n1. The van der Waals surface area contributed by atoms with Crippen LogP contribution in [0, 0.1) is 0 Å². The number of benzene rings is 1. The first-order chi connectivity index (χ1) is 15.0. The van der Waals surface area contributed by atoms with Gasteiger partial charge in [0, 0.05) is 24.7 Å². The van der Waals surface area contributed by atoms with Crippen LogP contribution in [0.5, 0.6) is 5.75 Å². The van der Waals surface area contributed by atoms with Gasteiger partial charge in [0.05, 0.1) is 18.4 Å². The molecule has 31 heavy (non-hydrogen) atoms. The van der Waals surface area contributed by atoms with Crippen LogP contribution in [-0.4, -0.2) is 63.2 Å². The molecule has 1 fully saturated rings. The number of methoxy groups -OCH3 is 1. The van der Waals surface area contributed by atoms with E-state index in [2.05, 4.69) is 15.3 Å². The third-order valence-corrected chi connectivity index (χ3v) is 5.27. The van der Waals surface area contributed by atoms with E-state index in [0.29, 0.717) is 46.9 Å². The zero-order chi connectivity index (χ0) is 22.0. The number of nitrogens with one attached hydrogen (secondary N) is 1. The zero-order valence-corrected chi connectivity index (χ0v) is 16.9. The molecule has 2 amide bonds. The molecule has 0 radical (unpaired) electrons. The van der Waals surface area contributed by atoms with Crippen molar-refractivity contribution in [3.8, 4) is 17.0 Å². The molecule has 3 aromatic rings. The summed E-state index contributed by atoms with van der Waals surface area (Å²) in [5.74, 6) is 0.380. The normalized spacial score (nSPS) is 16.2. The van der Waals surface area contributed by atoms with Crippen LogP contribution in [0.25, 0.3) is 22.3 Å². The second-order valence-corrected chi connectivity index (χ2v) is 7.25. The standard InChI is InChI=1S/C21H22N6O4/c1-31-16-7-3-2-6-13(16)15-9-14(19(22)28)17-18(26-15)20(24-11-23-17)25-12-5-4-8-27(10-12)21(29)30/h2-3,6-7,9,11-12H,4-5,8,10H2,1H3,(H2,22,28)(H,29,30)(H,23,24,25)/t12-/m0/s1. The Morgan fingerprint density at radius 3 is 2.81 bits per heavy atom. The van der Waals surface area contributed by atoms with E-state index in [1.165, 1.54) is 11.2 Å². The minimum Gasteiger partial charge on any atom is -0.496 e. The van der Waals surface area contributed by atoms with E-state index in [1.54, 1.807) is 19.2 Å². The van der Waals surface area contributed by atoms with E-state index in [0.717, 1.165) is 12.8 Å². The van der Waals surface area contributed by atoms with Gasteiger partial charge in [-0.15, -0.1) is 0 Å². The van der Waals surface area contributed by atoms with Gasteiger partial charge in [0.2, 0.25) is 0 Å². The number of amides is 2. The van der Waals surface area contributed by atoms with Crippen LogP contribution >= 0.6 is 0 Å². The predicted molar refractivity (Wildman–Crippen MR) is 114 cm³/mol. The lowest BCUT2D eigenvalue weighted by atomic mass is 10.0. The molecule has 0 spiro atoms. The Kier molecular flexibility index (Phi) is 5.52. The Bertz CT molecular complexity index is 1150. The summed E-state index contributed by atoms with van der Waals surface area (Å²) < 4.78 is 5.43. The molecule has 160 valence electrons. The Morgan fingerprint density at radius 2 is 2.06 bits per heavy atom. The molecule has 1 atom stereocenters. The summed E-state index contributed by atoms with van der Waals surface area (Å²) in [6.45, 7) is 0.829. The number of fused-ring (bicyclic) bond motifs is 1. The molecule has 10 heteroatoms. The van der Waals surface area contributed by atoms with Crippen LogP contribution in [0.3, 0.4) is 0 Å². The third-order valence-electron chi connectivity index (χ3n) is 5.27. The van der Waals surface area contributed by atoms with Gasteiger partial charge >= 0.3 is 6.09 Å². The molecule has 3 heterocycles. The van der Waals surface area contributed by atoms with E-state index in [9.17, 15) is 14.7 Å². The number of nitrogens with zero attached hydrogens (tertiary/aromatic N) is 4. The molecule has 10 nitrogen and oxygen atoms in total. The number of anilines is 1. The highest BCUT2D eigenvalue weighted by Crippen LogP contribution is 2.32. The van der Waals surface area contributed by atoms with Gasteiger partial charge in [-0.2, -0.15) is 0 Å². The van der Waals surface area contributed by atoms with Crippen molar-refractivity contribution in [2.24, 2.45) is 5.73 Å². The average Bonchev–Trinajstić information content (AvgIpc) is 2.78. The first-order valence-electron chi connectivity index (χ1n) is 9.81. The average molecular weight is 422 g/mol. The number of carbonyl (C=O) groups excluding carboxylic acids is 1. The number of aromatic nitrogens is 3. The lowest BCUT2D eigenvalue weighted by Gasteiger charge is -2.31. The highest BCUT2D eigenvalue weighted by atomic mass is 16.5. The monoisotopic (exact) mass is 422 g/mol. The van der Waals surface area contributed by atoms with Gasteiger partial charge < -0.3 is 25.8 Å². The molecular weight excluding hydrogens is 400 g/mol. The molecule has 0 bridgehead atoms. The lowest BCUT2D eigenvalue weighted by Crippen LogP contribution is -2.44. The van der Waals surface area contributed by atoms with Crippen LogP contribution in [0.15, 0.2) is 36.7 Å². The summed E-state index contributed by atoms with van der Waals surface area (Å²) in [7, 11) is 1.56. The Morgan fingerprint density at radius 1 is 1.26 bits per heavy atom. The number of likely N-dealkylation sites (tertiary alicyclic amines) is 1. The summed E-state index contributed by atoms with van der Waals surface area (Å²) in [5, 5.41) is 12.6. The fraction of sp³-hybridized carbons (Fsp3) is 0.286. The zero-order valence-electron chi connectivity index (χ0n) is 16.9. The largest absolute Gasteiger partial charge is 0.496 e. The lowest BCUT2D eigenvalue weighted by molar-refractivity contribution is 0.100. The van der Waals surface area contributed by atoms with E-state index >= 15 is 0 Å². The molecule has 1 aliphatic rings. The van der Waals surface area contributed by atoms with Gasteiger partial charge in [-0.1, -0.05) is 12.1 Å². The van der Waals surface area contributed by atoms with Crippen molar-refractivity contribution < 1.29 is 19.4 Å². The summed E-state index contributed by atoms with van der Waals surface area (Å²) in [5.41, 5.74) is 7.74. The van der Waals surface area contributed by atoms with Crippen molar-refractivity contribution in [2.45, 2.75) is 18.9 Å². The summed E-state index contributed by atoms with van der Waals surface area (Å²) in [4.78, 5) is 38.1. The van der Waals surface area contributed by atoms with Crippen LogP contribution in [-0.2, 0) is 0 Å². The third kappa shape index (κ3) is 4.04. The highest BCUT2D eigenvalue weighted by molar-refractivity contribution is 6.07. The first-order valence-corrected chi connectivity index (χ1v) is 9.81. The molecule has 0 unspecified atom stereocenters. The van der Waals surface area contributed by atoms with E-state index < -0.39 is 12.0 Å². The van der Waals surface area contributed by atoms with Crippen molar-refractivity contribution in [3.05, 3.63) is 42.2 Å². The van der Waals surface area contributed by atoms with Crippen LogP contribution in [0.1, 0.15) is 23.2 Å². The molecule has 1 aliphatic heterocycles. The fourth-order valence-electron chi connectivity index (χ4n) is 3.79. The van der Waals surface area contributed by atoms with Crippen molar-refractivity contribution >= 4 is 28.9 Å². The molecule has 1 saturated heterocycles. The van der Waals surface area contributed by atoms with E-state index in [1.807, 2.05) is 18.2 Å². The van der Waals surface area contributed by atoms with Crippen molar-refractivity contribution in [3.63, 3.8) is 0 Å². The summed E-state index contributed by atoms with van der Waals surface area (Å²) in [6, 6.07) is 8.76. The summed E-state index contributed by atoms with van der Waals surface area (Å²) in [6.07, 6.45) is 1.90. The fourth-order valence-corrected chi connectivity index (χ4v) is 3.79. The molecule has 0 saturated carbocycles. The second kappa shape index (κ2) is 8.42. The number of carboxylic acid groups (broad SMARTS) is 1. The number of ether oxygens (including phenoxy) is 1. The molecule has 4 N–H and O–H groups in total. The Labute approximate surface area is 178 Å². The van der Waals surface area contributed by atoms with E-state index in [4.69, 9.17) is 15.5 Å². The van der Waals surface area contributed by atoms with Gasteiger partial charge in [0.1, 0.15) is 23.1 Å². The van der Waals surface area contributed by atoms with Crippen LogP contribution in [0.4, 0.5) is 10.6 Å². The Balaban J connectivity index is 1.81. The van der Waals surface area contributed by atoms with Crippen molar-refractivity contribution in [2.75, 3.05) is 25.5 Å². The number of carbonyl (C=O) groups is 2. The number of nitrogens with two attached hydrogens (primary N) is 1. The van der Waals surface area contributed by atoms with Crippen molar-refractivity contribution in [1.29, 1.82) is 0 Å². The smallest absolute Gasteiger partial charge is 0.407 e. The molecule has 0 aliphatic carbocycles.